The van der Waals surface area contributed by atoms with Crippen LogP contribution in [0.4, 0.5) is 0 Å². The summed E-state index contributed by atoms with van der Waals surface area (Å²) in [4.78, 5) is 0.185. The van der Waals surface area contributed by atoms with Crippen LogP contribution in [0.3, 0.4) is 0 Å². The first kappa shape index (κ1) is 17.6. The lowest BCUT2D eigenvalue weighted by molar-refractivity contribution is 0.151. The van der Waals surface area contributed by atoms with Gasteiger partial charge in [-0.1, -0.05) is 48.7 Å². The second-order valence-corrected chi connectivity index (χ2v) is 8.93. The zero-order valence-electron chi connectivity index (χ0n) is 15.0. The van der Waals surface area contributed by atoms with E-state index in [4.69, 9.17) is 8.92 Å². The van der Waals surface area contributed by atoms with Gasteiger partial charge in [-0.05, 0) is 48.9 Å². The fourth-order valence-electron chi connectivity index (χ4n) is 3.95. The van der Waals surface area contributed by atoms with Crippen molar-refractivity contribution in [3.05, 3.63) is 59.2 Å². The molecule has 2 aromatic carbocycles. The van der Waals surface area contributed by atoms with Gasteiger partial charge in [0.15, 0.2) is 0 Å². The highest BCUT2D eigenvalue weighted by atomic mass is 32.2. The molecular formula is C21H24O4S. The van der Waals surface area contributed by atoms with Crippen LogP contribution in [-0.4, -0.2) is 21.1 Å². The van der Waals surface area contributed by atoms with E-state index in [1.807, 2.05) is 6.92 Å². The molecule has 1 aliphatic heterocycles. The zero-order chi connectivity index (χ0) is 18.1. The minimum atomic E-state index is -3.76. The van der Waals surface area contributed by atoms with E-state index in [2.05, 4.69) is 18.2 Å². The topological polar surface area (TPSA) is 52.6 Å². The fourth-order valence-corrected chi connectivity index (χ4v) is 4.89. The van der Waals surface area contributed by atoms with Crippen LogP contribution >= 0.6 is 0 Å². The second-order valence-electron chi connectivity index (χ2n) is 7.31. The minimum Gasteiger partial charge on any atom is -0.487 e. The number of aryl methyl sites for hydroxylation is 1. The Balaban J connectivity index is 1.44. The predicted octanol–water partition coefficient (Wildman–Crippen LogP) is 4.36. The molecule has 0 spiro atoms. The van der Waals surface area contributed by atoms with Crippen LogP contribution in [0.2, 0.25) is 0 Å². The molecule has 0 aromatic heterocycles. The Labute approximate surface area is 155 Å². The number of hydrogen-bond donors (Lipinski definition) is 0. The van der Waals surface area contributed by atoms with Crippen molar-refractivity contribution in [2.75, 3.05) is 6.61 Å². The lowest BCUT2D eigenvalue weighted by Crippen LogP contribution is -2.23. The molecule has 1 saturated carbocycles. The van der Waals surface area contributed by atoms with Crippen molar-refractivity contribution in [3.63, 3.8) is 0 Å². The Bertz CT molecular complexity index is 881. The first-order chi connectivity index (χ1) is 12.5. The van der Waals surface area contributed by atoms with Crippen molar-refractivity contribution in [1.29, 1.82) is 0 Å². The molecule has 5 heteroatoms. The van der Waals surface area contributed by atoms with Gasteiger partial charge in [-0.15, -0.1) is 0 Å². The highest BCUT2D eigenvalue weighted by molar-refractivity contribution is 7.86. The zero-order valence-corrected chi connectivity index (χ0v) is 15.8. The highest BCUT2D eigenvalue weighted by Crippen LogP contribution is 2.43. The van der Waals surface area contributed by atoms with Crippen molar-refractivity contribution >= 4 is 10.1 Å². The number of hydrogen-bond acceptors (Lipinski definition) is 4. The first-order valence-electron chi connectivity index (χ1n) is 9.27. The van der Waals surface area contributed by atoms with Gasteiger partial charge < -0.3 is 4.74 Å². The van der Waals surface area contributed by atoms with E-state index in [-0.39, 0.29) is 17.6 Å². The summed E-state index contributed by atoms with van der Waals surface area (Å²) in [6.45, 7) is 1.96. The monoisotopic (exact) mass is 372 g/mol. The van der Waals surface area contributed by atoms with E-state index < -0.39 is 10.1 Å². The number of benzene rings is 2. The summed E-state index contributed by atoms with van der Waals surface area (Å²) in [6, 6.07) is 13.0. The van der Waals surface area contributed by atoms with E-state index >= 15 is 0 Å². The first-order valence-corrected chi connectivity index (χ1v) is 10.7. The molecule has 1 atom stereocenters. The van der Waals surface area contributed by atoms with Crippen molar-refractivity contribution in [1.82, 2.24) is 0 Å². The molecule has 0 saturated heterocycles. The normalized spacial score (nSPS) is 20.1. The molecule has 1 unspecified atom stereocenters. The van der Waals surface area contributed by atoms with Gasteiger partial charge in [0.2, 0.25) is 0 Å². The van der Waals surface area contributed by atoms with Crippen LogP contribution in [0, 0.1) is 6.92 Å². The second kappa shape index (κ2) is 7.05. The molecule has 2 aromatic rings. The van der Waals surface area contributed by atoms with Crippen LogP contribution < -0.4 is 4.74 Å². The Kier molecular flexibility index (Phi) is 4.76. The Morgan fingerprint density at radius 2 is 1.81 bits per heavy atom. The van der Waals surface area contributed by atoms with Crippen LogP contribution in [0.25, 0.3) is 0 Å². The Morgan fingerprint density at radius 3 is 2.54 bits per heavy atom. The molecule has 1 aliphatic carbocycles. The average molecular weight is 372 g/mol. The van der Waals surface area contributed by atoms with E-state index in [0.717, 1.165) is 16.9 Å². The highest BCUT2D eigenvalue weighted by Gasteiger charge is 2.30. The number of fused-ring (bicyclic) bond motifs is 1. The average Bonchev–Trinajstić information content (AvgIpc) is 3.29. The molecule has 4 rings (SSSR count). The quantitative estimate of drug-likeness (QED) is 0.732. The van der Waals surface area contributed by atoms with Gasteiger partial charge in [0.05, 0.1) is 4.90 Å². The van der Waals surface area contributed by atoms with Crippen molar-refractivity contribution < 1.29 is 17.3 Å². The molecule has 0 amide bonds. The smallest absolute Gasteiger partial charge is 0.297 e. The number of rotatable bonds is 5. The molecular weight excluding hydrogens is 348 g/mol. The van der Waals surface area contributed by atoms with Crippen LogP contribution in [0.1, 0.15) is 48.3 Å². The predicted molar refractivity (Wildman–Crippen MR) is 100 cm³/mol. The molecule has 0 N–H and O–H groups in total. The van der Waals surface area contributed by atoms with Crippen molar-refractivity contribution in [3.8, 4) is 5.75 Å². The maximum absolute atomic E-state index is 12.4. The van der Waals surface area contributed by atoms with Gasteiger partial charge in [0.25, 0.3) is 10.1 Å². The maximum Gasteiger partial charge on any atom is 0.297 e. The van der Waals surface area contributed by atoms with E-state index in [1.165, 1.54) is 31.2 Å². The number of ether oxygens (including phenoxy) is 1. The molecule has 1 heterocycles. The molecule has 138 valence electrons. The summed E-state index contributed by atoms with van der Waals surface area (Å²) >= 11 is 0. The maximum atomic E-state index is 12.4. The van der Waals surface area contributed by atoms with Gasteiger partial charge in [0, 0.05) is 6.42 Å². The lowest BCUT2D eigenvalue weighted by atomic mass is 9.94. The summed E-state index contributed by atoms with van der Waals surface area (Å²) in [7, 11) is -3.76. The molecule has 2 aliphatic rings. The summed E-state index contributed by atoms with van der Waals surface area (Å²) in [5.74, 6) is 1.53. The van der Waals surface area contributed by atoms with Gasteiger partial charge in [0.1, 0.15) is 18.5 Å². The molecule has 1 fully saturated rings. The third-order valence-electron chi connectivity index (χ3n) is 5.37. The summed E-state index contributed by atoms with van der Waals surface area (Å²) in [5.41, 5.74) is 3.46. The van der Waals surface area contributed by atoms with Gasteiger partial charge in [-0.3, -0.25) is 4.18 Å². The summed E-state index contributed by atoms with van der Waals surface area (Å²) in [5, 5.41) is 0. The lowest BCUT2D eigenvalue weighted by Gasteiger charge is -2.16. The van der Waals surface area contributed by atoms with Crippen LogP contribution in [0.15, 0.2) is 47.4 Å². The SMILES string of the molecule is Cc1ccc(S(=O)(=O)OCC2Cc3cccc(C4CCCC4)c3O2)cc1. The van der Waals surface area contributed by atoms with Crippen molar-refractivity contribution in [2.24, 2.45) is 0 Å². The summed E-state index contributed by atoms with van der Waals surface area (Å²) < 4.78 is 36.1. The van der Waals surface area contributed by atoms with Gasteiger partial charge >= 0.3 is 0 Å². The number of para-hydroxylation sites is 1. The van der Waals surface area contributed by atoms with Gasteiger partial charge in [-0.2, -0.15) is 8.42 Å². The third-order valence-corrected chi connectivity index (χ3v) is 6.67. The van der Waals surface area contributed by atoms with E-state index in [1.54, 1.807) is 24.3 Å². The van der Waals surface area contributed by atoms with E-state index in [0.29, 0.717) is 12.3 Å². The van der Waals surface area contributed by atoms with Crippen LogP contribution in [-0.2, 0) is 20.7 Å². The van der Waals surface area contributed by atoms with Crippen LogP contribution in [0.5, 0.6) is 5.75 Å². The Morgan fingerprint density at radius 1 is 1.08 bits per heavy atom. The fraction of sp³-hybridized carbons (Fsp3) is 0.429. The van der Waals surface area contributed by atoms with Crippen molar-refractivity contribution in [2.45, 2.75) is 55.9 Å². The minimum absolute atomic E-state index is 0.0367. The van der Waals surface area contributed by atoms with E-state index in [9.17, 15) is 8.42 Å². The molecule has 0 radical (unpaired) electrons. The standard InChI is InChI=1S/C21H24O4S/c1-15-9-11-19(12-10-15)26(22,23)24-14-18-13-17-7-4-8-20(21(17)25-18)16-5-2-3-6-16/h4,7-12,16,18H,2-3,5-6,13-14H2,1H3. The summed E-state index contributed by atoms with van der Waals surface area (Å²) in [6.07, 6.45) is 5.41. The molecule has 0 bridgehead atoms. The molecule has 4 nitrogen and oxygen atoms in total. The third kappa shape index (κ3) is 3.51. The van der Waals surface area contributed by atoms with Gasteiger partial charge in [-0.25, -0.2) is 0 Å². The molecule has 26 heavy (non-hydrogen) atoms. The Hall–Kier alpha value is -1.85. The largest absolute Gasteiger partial charge is 0.487 e.